The van der Waals surface area contributed by atoms with E-state index in [9.17, 15) is 9.90 Å². The Balaban J connectivity index is 1.72. The molecule has 22 heavy (non-hydrogen) atoms. The van der Waals surface area contributed by atoms with Gasteiger partial charge >= 0.3 is 0 Å². The number of carbonyl (C=O) groups excluding carboxylic acids is 1. The molecule has 0 radical (unpaired) electrons. The van der Waals surface area contributed by atoms with Gasteiger partial charge in [0.25, 0.3) is 0 Å². The van der Waals surface area contributed by atoms with Gasteiger partial charge in [0.05, 0.1) is 6.10 Å². The number of aliphatic hydroxyl groups is 1. The maximum Gasteiger partial charge on any atom is 0.139 e. The first-order valence-corrected chi connectivity index (χ1v) is 9.27. The molecule has 0 spiro atoms. The Labute approximate surface area is 134 Å². The quantitative estimate of drug-likeness (QED) is 0.683. The molecule has 0 aromatic heterocycles. The van der Waals surface area contributed by atoms with Crippen LogP contribution in [0.25, 0.3) is 0 Å². The van der Waals surface area contributed by atoms with E-state index in [0.29, 0.717) is 23.5 Å². The summed E-state index contributed by atoms with van der Waals surface area (Å²) in [5, 5.41) is 10.0. The molecule has 0 heterocycles. The van der Waals surface area contributed by atoms with Crippen LogP contribution in [0.4, 0.5) is 0 Å². The molecule has 4 aliphatic rings. The van der Waals surface area contributed by atoms with Crippen molar-refractivity contribution in [3.05, 3.63) is 11.6 Å². The van der Waals surface area contributed by atoms with Crippen molar-refractivity contribution in [2.45, 2.75) is 71.8 Å². The number of Topliss-reactive ketones (excluding diaryl/α,β-unsaturated/α-hetero) is 1. The molecule has 2 heteroatoms. The zero-order valence-electron chi connectivity index (χ0n) is 14.3. The molecule has 0 saturated heterocycles. The molecule has 2 unspecified atom stereocenters. The molecule has 4 rings (SSSR count). The van der Waals surface area contributed by atoms with Crippen LogP contribution in [-0.4, -0.2) is 17.0 Å². The van der Waals surface area contributed by atoms with Crippen LogP contribution in [0, 0.1) is 34.5 Å². The monoisotopic (exact) mass is 302 g/mol. The van der Waals surface area contributed by atoms with Gasteiger partial charge < -0.3 is 5.11 Å². The summed E-state index contributed by atoms with van der Waals surface area (Å²) < 4.78 is 0. The van der Waals surface area contributed by atoms with E-state index in [4.69, 9.17) is 0 Å². The standard InChI is InChI=1S/C20H30O2/c1-12-10-17(22)20(3)9-7-16-15(18(12)20)5-4-13-11-14(21)6-8-19(13,16)2/h4,12,14-16,18,21H,5-11H2,1-3H3/t12?,14?,15-,16-,18+,19+,20-/m1/s1. The van der Waals surface area contributed by atoms with Crippen molar-refractivity contribution in [3.63, 3.8) is 0 Å². The molecule has 1 N–H and O–H groups in total. The van der Waals surface area contributed by atoms with Gasteiger partial charge in [0.15, 0.2) is 0 Å². The second kappa shape index (κ2) is 4.69. The van der Waals surface area contributed by atoms with Gasteiger partial charge in [-0.05, 0) is 67.6 Å². The zero-order chi connectivity index (χ0) is 15.7. The first-order valence-electron chi connectivity index (χ1n) is 9.27. The highest BCUT2D eigenvalue weighted by Crippen LogP contribution is 2.65. The number of allylic oxidation sites excluding steroid dienone is 1. The normalized spacial score (nSPS) is 54.3. The molecule has 0 amide bonds. The van der Waals surface area contributed by atoms with Gasteiger partial charge in [0, 0.05) is 11.8 Å². The molecule has 0 aromatic carbocycles. The lowest BCUT2D eigenvalue weighted by molar-refractivity contribution is -0.132. The van der Waals surface area contributed by atoms with Gasteiger partial charge in [0.1, 0.15) is 5.78 Å². The second-order valence-electron chi connectivity index (χ2n) is 9.14. The summed E-state index contributed by atoms with van der Waals surface area (Å²) in [5.41, 5.74) is 1.76. The molecular formula is C20H30O2. The van der Waals surface area contributed by atoms with Crippen LogP contribution in [0.1, 0.15) is 65.7 Å². The van der Waals surface area contributed by atoms with Crippen molar-refractivity contribution in [2.24, 2.45) is 34.5 Å². The first-order chi connectivity index (χ1) is 10.4. The van der Waals surface area contributed by atoms with Crippen LogP contribution in [-0.2, 0) is 4.79 Å². The molecular weight excluding hydrogens is 272 g/mol. The van der Waals surface area contributed by atoms with E-state index in [1.54, 1.807) is 0 Å². The van der Waals surface area contributed by atoms with Crippen LogP contribution >= 0.6 is 0 Å². The van der Waals surface area contributed by atoms with E-state index < -0.39 is 0 Å². The number of hydrogen-bond acceptors (Lipinski definition) is 2. The van der Waals surface area contributed by atoms with Gasteiger partial charge in [-0.15, -0.1) is 0 Å². The summed E-state index contributed by atoms with van der Waals surface area (Å²) in [6.07, 6.45) is 9.53. The summed E-state index contributed by atoms with van der Waals surface area (Å²) in [6.45, 7) is 7.01. The Bertz CT molecular complexity index is 536. The average Bonchev–Trinajstić information content (AvgIpc) is 2.70. The number of carbonyl (C=O) groups is 1. The molecule has 3 fully saturated rings. The van der Waals surface area contributed by atoms with Gasteiger partial charge in [-0.25, -0.2) is 0 Å². The molecule has 0 bridgehead atoms. The minimum absolute atomic E-state index is 0.0452. The lowest BCUT2D eigenvalue weighted by atomic mass is 9.47. The van der Waals surface area contributed by atoms with Gasteiger partial charge in [0.2, 0.25) is 0 Å². The third kappa shape index (κ3) is 1.79. The van der Waals surface area contributed by atoms with Crippen LogP contribution in [0.3, 0.4) is 0 Å². The summed E-state index contributed by atoms with van der Waals surface area (Å²) in [5.74, 6) is 3.08. The molecule has 0 aliphatic heterocycles. The zero-order valence-corrected chi connectivity index (χ0v) is 14.3. The second-order valence-corrected chi connectivity index (χ2v) is 9.14. The Morgan fingerprint density at radius 3 is 2.64 bits per heavy atom. The van der Waals surface area contributed by atoms with Gasteiger partial charge in [-0.1, -0.05) is 32.4 Å². The highest BCUT2D eigenvalue weighted by atomic mass is 16.3. The van der Waals surface area contributed by atoms with E-state index in [1.807, 2.05) is 0 Å². The molecule has 0 aromatic rings. The minimum Gasteiger partial charge on any atom is -0.393 e. The van der Waals surface area contributed by atoms with Crippen molar-refractivity contribution in [3.8, 4) is 0 Å². The van der Waals surface area contributed by atoms with Crippen LogP contribution < -0.4 is 0 Å². The first kappa shape index (κ1) is 14.9. The Morgan fingerprint density at radius 1 is 1.14 bits per heavy atom. The van der Waals surface area contributed by atoms with Gasteiger partial charge in [-0.2, -0.15) is 0 Å². The molecule has 7 atom stereocenters. The van der Waals surface area contributed by atoms with Gasteiger partial charge in [-0.3, -0.25) is 4.79 Å². The lowest BCUT2D eigenvalue weighted by Crippen LogP contribution is -2.51. The van der Waals surface area contributed by atoms with Crippen molar-refractivity contribution in [1.82, 2.24) is 0 Å². The smallest absolute Gasteiger partial charge is 0.139 e. The predicted molar refractivity (Wildman–Crippen MR) is 87.3 cm³/mol. The summed E-state index contributed by atoms with van der Waals surface area (Å²) >= 11 is 0. The number of ketones is 1. The summed E-state index contributed by atoms with van der Waals surface area (Å²) in [4.78, 5) is 12.6. The SMILES string of the molecule is CC1CC(=O)[C@@]2(C)CC[C@@H]3[C@@H](CC=C4CC(O)CC[C@@]43C)[C@H]12. The summed E-state index contributed by atoms with van der Waals surface area (Å²) in [6, 6.07) is 0. The number of fused-ring (bicyclic) bond motifs is 5. The molecule has 2 nitrogen and oxygen atoms in total. The molecule has 122 valence electrons. The van der Waals surface area contributed by atoms with Crippen molar-refractivity contribution >= 4 is 5.78 Å². The lowest BCUT2D eigenvalue weighted by Gasteiger charge is -2.57. The van der Waals surface area contributed by atoms with Crippen molar-refractivity contribution < 1.29 is 9.90 Å². The Kier molecular flexibility index (Phi) is 3.18. The largest absolute Gasteiger partial charge is 0.393 e. The summed E-state index contributed by atoms with van der Waals surface area (Å²) in [7, 11) is 0. The van der Waals surface area contributed by atoms with E-state index in [0.717, 1.165) is 44.4 Å². The van der Waals surface area contributed by atoms with E-state index in [1.165, 1.54) is 12.0 Å². The third-order valence-corrected chi connectivity index (χ3v) is 8.09. The fourth-order valence-electron chi connectivity index (χ4n) is 6.92. The average molecular weight is 302 g/mol. The number of rotatable bonds is 0. The van der Waals surface area contributed by atoms with Crippen LogP contribution in [0.2, 0.25) is 0 Å². The Hall–Kier alpha value is -0.630. The third-order valence-electron chi connectivity index (χ3n) is 8.09. The topological polar surface area (TPSA) is 37.3 Å². The molecule has 4 aliphatic carbocycles. The molecule has 3 saturated carbocycles. The fourth-order valence-corrected chi connectivity index (χ4v) is 6.92. The van der Waals surface area contributed by atoms with Crippen LogP contribution in [0.15, 0.2) is 11.6 Å². The van der Waals surface area contributed by atoms with E-state index in [2.05, 4.69) is 26.8 Å². The number of aliphatic hydroxyl groups excluding tert-OH is 1. The predicted octanol–water partition coefficient (Wildman–Crippen LogP) is 4.13. The highest BCUT2D eigenvalue weighted by Gasteiger charge is 2.60. The van der Waals surface area contributed by atoms with Crippen molar-refractivity contribution in [1.29, 1.82) is 0 Å². The minimum atomic E-state index is -0.128. The number of hydrogen-bond donors (Lipinski definition) is 1. The van der Waals surface area contributed by atoms with Crippen molar-refractivity contribution in [2.75, 3.05) is 0 Å². The maximum absolute atomic E-state index is 12.6. The van der Waals surface area contributed by atoms with E-state index >= 15 is 0 Å². The maximum atomic E-state index is 12.6. The Morgan fingerprint density at radius 2 is 1.86 bits per heavy atom. The fraction of sp³-hybridized carbons (Fsp3) is 0.850. The van der Waals surface area contributed by atoms with E-state index in [-0.39, 0.29) is 16.9 Å². The van der Waals surface area contributed by atoms with Crippen LogP contribution in [0.5, 0.6) is 0 Å². The highest BCUT2D eigenvalue weighted by molar-refractivity contribution is 5.87.